The van der Waals surface area contributed by atoms with Crippen molar-refractivity contribution in [3.8, 4) is 0 Å². The second kappa shape index (κ2) is 8.19. The molecular weight excluding hydrogens is 200 g/mol. The summed E-state index contributed by atoms with van der Waals surface area (Å²) in [6.07, 6.45) is 0.744. The van der Waals surface area contributed by atoms with E-state index in [-0.39, 0.29) is 13.1 Å². The molecule has 0 bridgehead atoms. The van der Waals surface area contributed by atoms with E-state index in [0.29, 0.717) is 19.6 Å². The van der Waals surface area contributed by atoms with E-state index < -0.39 is 11.9 Å². The molecule has 0 radical (unpaired) electrons. The fourth-order valence-corrected chi connectivity index (χ4v) is 1.16. The third kappa shape index (κ3) is 9.17. The zero-order valence-corrected chi connectivity index (χ0v) is 8.90. The van der Waals surface area contributed by atoms with E-state index in [0.717, 1.165) is 6.42 Å². The molecule has 0 heterocycles. The lowest BCUT2D eigenvalue weighted by Gasteiger charge is -2.17. The normalized spacial score (nSPS) is 10.5. The molecule has 0 aromatic carbocycles. The number of nitrogens with one attached hydrogen (secondary N) is 1. The molecule has 0 saturated carbocycles. The van der Waals surface area contributed by atoms with Crippen molar-refractivity contribution in [2.75, 3.05) is 32.7 Å². The van der Waals surface area contributed by atoms with E-state index in [1.807, 2.05) is 6.92 Å². The molecule has 0 spiro atoms. The van der Waals surface area contributed by atoms with Crippen LogP contribution in [0.4, 0.5) is 0 Å². The summed E-state index contributed by atoms with van der Waals surface area (Å²) in [5.41, 5.74) is 0. The monoisotopic (exact) mass is 218 g/mol. The zero-order chi connectivity index (χ0) is 11.7. The molecule has 6 nitrogen and oxygen atoms in total. The van der Waals surface area contributed by atoms with Gasteiger partial charge in [-0.3, -0.25) is 14.5 Å². The van der Waals surface area contributed by atoms with Crippen LogP contribution in [0, 0.1) is 0 Å². The molecule has 0 aromatic heterocycles. The van der Waals surface area contributed by atoms with Gasteiger partial charge in [-0.15, -0.1) is 0 Å². The lowest BCUT2D eigenvalue weighted by Crippen LogP contribution is -2.32. The maximum absolute atomic E-state index is 10.4. The quantitative estimate of drug-likeness (QED) is 0.450. The highest BCUT2D eigenvalue weighted by molar-refractivity contribution is 5.69. The summed E-state index contributed by atoms with van der Waals surface area (Å²) in [7, 11) is 0. The number of carboxylic acids is 2. The van der Waals surface area contributed by atoms with Crippen molar-refractivity contribution in [2.45, 2.75) is 13.3 Å². The number of nitrogens with zero attached hydrogens (tertiary/aromatic N) is 1. The Morgan fingerprint density at radius 2 is 1.93 bits per heavy atom. The van der Waals surface area contributed by atoms with Crippen molar-refractivity contribution < 1.29 is 19.8 Å². The molecule has 0 aliphatic heterocycles. The van der Waals surface area contributed by atoms with E-state index in [4.69, 9.17) is 10.2 Å². The first-order valence-corrected chi connectivity index (χ1v) is 4.93. The molecule has 0 aliphatic rings. The smallest absolute Gasteiger partial charge is 0.317 e. The minimum absolute atomic E-state index is 0.0371. The van der Waals surface area contributed by atoms with Crippen LogP contribution in [0.5, 0.6) is 0 Å². The minimum atomic E-state index is -0.882. The molecule has 0 atom stereocenters. The highest BCUT2D eigenvalue weighted by Gasteiger charge is 2.06. The van der Waals surface area contributed by atoms with Gasteiger partial charge in [0.05, 0.1) is 13.1 Å². The number of hydrogen-bond acceptors (Lipinski definition) is 4. The number of likely N-dealkylation sites (N-methyl/N-ethyl adjacent to an activating group) is 1. The van der Waals surface area contributed by atoms with Crippen molar-refractivity contribution >= 4 is 11.9 Å². The second-order valence-electron chi connectivity index (χ2n) is 3.19. The molecule has 15 heavy (non-hydrogen) atoms. The van der Waals surface area contributed by atoms with Gasteiger partial charge in [0.25, 0.3) is 0 Å². The fraction of sp³-hybridized carbons (Fsp3) is 0.778. The third-order valence-corrected chi connectivity index (χ3v) is 1.91. The summed E-state index contributed by atoms with van der Waals surface area (Å²) < 4.78 is 0. The number of carbonyl (C=O) groups is 2. The Labute approximate surface area is 88.9 Å². The van der Waals surface area contributed by atoms with Gasteiger partial charge in [0.1, 0.15) is 0 Å². The average molecular weight is 218 g/mol. The van der Waals surface area contributed by atoms with Gasteiger partial charge in [-0.05, 0) is 26.1 Å². The molecule has 0 unspecified atom stereocenters. The van der Waals surface area contributed by atoms with Crippen LogP contribution in [-0.2, 0) is 9.59 Å². The number of carboxylic acid groups (broad SMARTS) is 2. The van der Waals surface area contributed by atoms with E-state index in [1.165, 1.54) is 0 Å². The summed E-state index contributed by atoms with van der Waals surface area (Å²) in [5.74, 6) is -1.72. The van der Waals surface area contributed by atoms with E-state index in [1.54, 1.807) is 4.90 Å². The van der Waals surface area contributed by atoms with Crippen LogP contribution in [0.15, 0.2) is 0 Å². The zero-order valence-electron chi connectivity index (χ0n) is 8.90. The Morgan fingerprint density at radius 1 is 1.27 bits per heavy atom. The first kappa shape index (κ1) is 13.9. The van der Waals surface area contributed by atoms with Gasteiger partial charge in [0.15, 0.2) is 0 Å². The van der Waals surface area contributed by atoms with Gasteiger partial charge >= 0.3 is 11.9 Å². The summed E-state index contributed by atoms with van der Waals surface area (Å²) in [5, 5.41) is 19.6. The summed E-state index contributed by atoms with van der Waals surface area (Å²) in [6.45, 7) is 3.82. The molecule has 0 rings (SSSR count). The molecular formula is C9H18N2O4. The highest BCUT2D eigenvalue weighted by Crippen LogP contribution is 1.90. The molecule has 6 heteroatoms. The highest BCUT2D eigenvalue weighted by atomic mass is 16.4. The Balaban J connectivity index is 3.46. The predicted octanol–water partition coefficient (Wildman–Crippen LogP) is -0.543. The summed E-state index contributed by atoms with van der Waals surface area (Å²) >= 11 is 0. The molecule has 88 valence electrons. The first-order chi connectivity index (χ1) is 7.06. The van der Waals surface area contributed by atoms with Crippen LogP contribution in [0.25, 0.3) is 0 Å². The van der Waals surface area contributed by atoms with Gasteiger partial charge in [0.2, 0.25) is 0 Å². The van der Waals surface area contributed by atoms with E-state index in [9.17, 15) is 9.59 Å². The van der Waals surface area contributed by atoms with Gasteiger partial charge in [-0.1, -0.05) is 6.92 Å². The maximum Gasteiger partial charge on any atom is 0.317 e. The average Bonchev–Trinajstić information content (AvgIpc) is 2.14. The van der Waals surface area contributed by atoms with Crippen molar-refractivity contribution in [1.82, 2.24) is 10.2 Å². The first-order valence-electron chi connectivity index (χ1n) is 4.93. The Hall–Kier alpha value is -1.14. The molecule has 0 fully saturated rings. The van der Waals surface area contributed by atoms with E-state index >= 15 is 0 Å². The number of hydrogen-bond donors (Lipinski definition) is 3. The lowest BCUT2D eigenvalue weighted by atomic mass is 10.3. The van der Waals surface area contributed by atoms with Crippen LogP contribution in [0.1, 0.15) is 13.3 Å². The van der Waals surface area contributed by atoms with Crippen LogP contribution in [-0.4, -0.2) is 59.8 Å². The van der Waals surface area contributed by atoms with Gasteiger partial charge < -0.3 is 15.5 Å². The molecule has 0 amide bonds. The van der Waals surface area contributed by atoms with Crippen molar-refractivity contribution in [1.29, 1.82) is 0 Å². The molecule has 3 N–H and O–H groups in total. The van der Waals surface area contributed by atoms with Crippen LogP contribution < -0.4 is 5.32 Å². The van der Waals surface area contributed by atoms with Gasteiger partial charge in [0, 0.05) is 0 Å². The number of aliphatic carboxylic acids is 2. The Bertz CT molecular complexity index is 208. The maximum atomic E-state index is 10.4. The van der Waals surface area contributed by atoms with Crippen molar-refractivity contribution in [3.05, 3.63) is 0 Å². The Kier molecular flexibility index (Phi) is 7.57. The molecule has 0 saturated heterocycles. The standard InChI is InChI=1S/C9H18N2O4/c1-2-11(7-9(14)15)5-3-4-10-6-8(12)13/h10H,2-7H2,1H3,(H,12,13)(H,14,15). The van der Waals surface area contributed by atoms with Crippen molar-refractivity contribution in [2.24, 2.45) is 0 Å². The lowest BCUT2D eigenvalue weighted by molar-refractivity contribution is -0.138. The fourth-order valence-electron chi connectivity index (χ4n) is 1.16. The summed E-state index contributed by atoms with van der Waals surface area (Å²) in [4.78, 5) is 22.4. The van der Waals surface area contributed by atoms with Gasteiger partial charge in [-0.25, -0.2) is 0 Å². The summed E-state index contributed by atoms with van der Waals surface area (Å²) in [6, 6.07) is 0. The largest absolute Gasteiger partial charge is 0.480 e. The SMILES string of the molecule is CCN(CCCNCC(=O)O)CC(=O)O. The second-order valence-corrected chi connectivity index (χ2v) is 3.19. The third-order valence-electron chi connectivity index (χ3n) is 1.91. The van der Waals surface area contributed by atoms with Crippen LogP contribution in [0.2, 0.25) is 0 Å². The van der Waals surface area contributed by atoms with Crippen molar-refractivity contribution in [3.63, 3.8) is 0 Å². The predicted molar refractivity (Wildman–Crippen MR) is 54.9 cm³/mol. The number of rotatable bonds is 9. The minimum Gasteiger partial charge on any atom is -0.480 e. The molecule has 0 aromatic rings. The van der Waals surface area contributed by atoms with Gasteiger partial charge in [-0.2, -0.15) is 0 Å². The van der Waals surface area contributed by atoms with Crippen LogP contribution in [0.3, 0.4) is 0 Å². The Morgan fingerprint density at radius 3 is 2.40 bits per heavy atom. The topological polar surface area (TPSA) is 89.9 Å². The van der Waals surface area contributed by atoms with E-state index in [2.05, 4.69) is 5.32 Å². The molecule has 0 aliphatic carbocycles. The van der Waals surface area contributed by atoms with Crippen LogP contribution >= 0.6 is 0 Å².